The van der Waals surface area contributed by atoms with Gasteiger partial charge in [-0.1, -0.05) is 42.5 Å². The monoisotopic (exact) mass is 520 g/mol. The van der Waals surface area contributed by atoms with E-state index in [4.69, 9.17) is 0 Å². The molecule has 0 spiro atoms. The topological polar surface area (TPSA) is 39.7 Å². The van der Waals surface area contributed by atoms with Gasteiger partial charge >= 0.3 is 0 Å². The van der Waals surface area contributed by atoms with Gasteiger partial charge in [-0.3, -0.25) is 4.99 Å². The molecule has 0 bridgehead atoms. The molecule has 0 aliphatic carbocycles. The summed E-state index contributed by atoms with van der Waals surface area (Å²) in [5, 5.41) is 13.2. The number of hydrogen-bond acceptors (Lipinski definition) is 3. The highest BCUT2D eigenvalue weighted by atomic mass is 127. The van der Waals surface area contributed by atoms with Crippen LogP contribution in [0, 0.1) is 0 Å². The molecule has 1 aliphatic rings. The van der Waals surface area contributed by atoms with E-state index in [1.165, 1.54) is 21.3 Å². The van der Waals surface area contributed by atoms with E-state index >= 15 is 0 Å². The third-order valence-corrected chi connectivity index (χ3v) is 6.33. The molecule has 1 fully saturated rings. The Bertz CT molecular complexity index is 918. The summed E-state index contributed by atoms with van der Waals surface area (Å²) in [5.74, 6) is 0.912. The van der Waals surface area contributed by atoms with Crippen LogP contribution in [0.25, 0.3) is 10.8 Å². The van der Waals surface area contributed by atoms with Crippen molar-refractivity contribution < 1.29 is 0 Å². The van der Waals surface area contributed by atoms with Crippen LogP contribution in [0.4, 0.5) is 5.00 Å². The van der Waals surface area contributed by atoms with Crippen molar-refractivity contribution in [1.29, 1.82) is 0 Å². The zero-order chi connectivity index (χ0) is 19.2. The van der Waals surface area contributed by atoms with Gasteiger partial charge in [-0.25, -0.2) is 0 Å². The Morgan fingerprint density at radius 3 is 2.59 bits per heavy atom. The van der Waals surface area contributed by atoms with Gasteiger partial charge in [-0.2, -0.15) is 0 Å². The molecule has 3 aromatic rings. The molecule has 1 aliphatic heterocycles. The van der Waals surface area contributed by atoms with E-state index in [-0.39, 0.29) is 24.0 Å². The first kappa shape index (κ1) is 21.9. The fraction of sp³-hybridized carbons (Fsp3) is 0.348. The fourth-order valence-electron chi connectivity index (χ4n) is 3.80. The molecule has 0 unspecified atom stereocenters. The van der Waals surface area contributed by atoms with E-state index in [9.17, 15) is 0 Å². The van der Waals surface area contributed by atoms with Crippen LogP contribution in [0.1, 0.15) is 18.4 Å². The number of benzene rings is 2. The molecular formula is C23H29IN4S. The van der Waals surface area contributed by atoms with E-state index in [2.05, 4.69) is 80.5 Å². The Morgan fingerprint density at radius 2 is 1.86 bits per heavy atom. The molecule has 2 N–H and O–H groups in total. The Kier molecular flexibility index (Phi) is 8.18. The van der Waals surface area contributed by atoms with Crippen LogP contribution in [0.3, 0.4) is 0 Å². The lowest BCUT2D eigenvalue weighted by Crippen LogP contribution is -2.49. The van der Waals surface area contributed by atoms with Crippen molar-refractivity contribution >= 4 is 57.0 Å². The first-order valence-electron chi connectivity index (χ1n) is 10.0. The van der Waals surface area contributed by atoms with Crippen LogP contribution in [0.2, 0.25) is 0 Å². The van der Waals surface area contributed by atoms with Crippen LogP contribution >= 0.6 is 35.3 Å². The lowest BCUT2D eigenvalue weighted by atomic mass is 10.1. The van der Waals surface area contributed by atoms with Gasteiger partial charge in [0.1, 0.15) is 0 Å². The predicted molar refractivity (Wildman–Crippen MR) is 137 cm³/mol. The highest BCUT2D eigenvalue weighted by molar-refractivity contribution is 14.0. The molecule has 0 amide bonds. The average molecular weight is 520 g/mol. The van der Waals surface area contributed by atoms with Crippen molar-refractivity contribution in [2.75, 3.05) is 31.6 Å². The number of rotatable bonds is 5. The first-order chi connectivity index (χ1) is 13.8. The number of guanidine groups is 1. The van der Waals surface area contributed by atoms with Gasteiger partial charge in [0.2, 0.25) is 0 Å². The summed E-state index contributed by atoms with van der Waals surface area (Å²) in [6.07, 6.45) is 3.27. The van der Waals surface area contributed by atoms with E-state index < -0.39 is 0 Å². The van der Waals surface area contributed by atoms with Gasteiger partial charge in [-0.15, -0.1) is 35.3 Å². The van der Waals surface area contributed by atoms with E-state index in [1.54, 1.807) is 0 Å². The zero-order valence-electron chi connectivity index (χ0n) is 16.8. The molecule has 2 aromatic carbocycles. The molecule has 4 rings (SSSR count). The number of hydrogen-bond donors (Lipinski definition) is 2. The van der Waals surface area contributed by atoms with Crippen LogP contribution in [0.15, 0.2) is 65.0 Å². The second-order valence-electron chi connectivity index (χ2n) is 7.29. The maximum Gasteiger partial charge on any atom is 0.191 e. The van der Waals surface area contributed by atoms with Crippen molar-refractivity contribution in [2.45, 2.75) is 25.3 Å². The number of piperidine rings is 1. The molecule has 29 heavy (non-hydrogen) atoms. The van der Waals surface area contributed by atoms with Gasteiger partial charge in [0.15, 0.2) is 5.96 Å². The van der Waals surface area contributed by atoms with Crippen molar-refractivity contribution in [2.24, 2.45) is 4.99 Å². The number of nitrogens with one attached hydrogen (secondary N) is 2. The minimum Gasteiger partial charge on any atom is -0.363 e. The summed E-state index contributed by atoms with van der Waals surface area (Å²) < 4.78 is 0. The Labute approximate surface area is 194 Å². The van der Waals surface area contributed by atoms with Crippen molar-refractivity contribution in [3.8, 4) is 0 Å². The number of halogens is 1. The second-order valence-corrected chi connectivity index (χ2v) is 8.21. The maximum atomic E-state index is 4.42. The van der Waals surface area contributed by atoms with Gasteiger partial charge in [-0.05, 0) is 53.1 Å². The second kappa shape index (κ2) is 10.8. The predicted octanol–water partition coefficient (Wildman–Crippen LogP) is 4.90. The Morgan fingerprint density at radius 1 is 1.07 bits per heavy atom. The quantitative estimate of drug-likeness (QED) is 0.286. The van der Waals surface area contributed by atoms with Crippen molar-refractivity contribution in [1.82, 2.24) is 10.6 Å². The summed E-state index contributed by atoms with van der Waals surface area (Å²) in [6.45, 7) is 3.09. The fourth-order valence-corrected chi connectivity index (χ4v) is 4.59. The molecule has 2 heterocycles. The van der Waals surface area contributed by atoms with E-state index in [1.807, 2.05) is 18.4 Å². The minimum atomic E-state index is 0. The van der Waals surface area contributed by atoms with Gasteiger partial charge in [0.25, 0.3) is 0 Å². The van der Waals surface area contributed by atoms with Crippen LogP contribution in [-0.2, 0) is 6.42 Å². The number of nitrogens with zero attached hydrogens (tertiary/aromatic N) is 2. The van der Waals surface area contributed by atoms with Gasteiger partial charge < -0.3 is 15.5 Å². The minimum absolute atomic E-state index is 0. The van der Waals surface area contributed by atoms with Gasteiger partial charge in [0.05, 0.1) is 5.00 Å². The molecule has 0 saturated carbocycles. The number of thiophene rings is 1. The smallest absolute Gasteiger partial charge is 0.191 e. The van der Waals surface area contributed by atoms with Crippen molar-refractivity contribution in [3.63, 3.8) is 0 Å². The summed E-state index contributed by atoms with van der Waals surface area (Å²) in [5.41, 5.74) is 1.35. The first-order valence-corrected chi connectivity index (χ1v) is 10.9. The third kappa shape index (κ3) is 5.85. The van der Waals surface area contributed by atoms with E-state index in [0.29, 0.717) is 6.04 Å². The molecule has 1 aromatic heterocycles. The van der Waals surface area contributed by atoms with Gasteiger partial charge in [0, 0.05) is 32.7 Å². The molecular weight excluding hydrogens is 491 g/mol. The Balaban J connectivity index is 0.00000240. The normalized spacial score (nSPS) is 15.2. The van der Waals surface area contributed by atoms with Crippen LogP contribution in [0.5, 0.6) is 0 Å². The third-order valence-electron chi connectivity index (χ3n) is 5.40. The summed E-state index contributed by atoms with van der Waals surface area (Å²) in [4.78, 5) is 6.90. The summed E-state index contributed by atoms with van der Waals surface area (Å²) in [7, 11) is 1.85. The zero-order valence-corrected chi connectivity index (χ0v) is 20.0. The number of fused-ring (bicyclic) bond motifs is 1. The Hall–Kier alpha value is -1.80. The molecule has 0 atom stereocenters. The van der Waals surface area contributed by atoms with E-state index in [0.717, 1.165) is 44.9 Å². The lowest BCUT2D eigenvalue weighted by molar-refractivity contribution is 0.463. The SMILES string of the molecule is CN=C(NCCc1ccc2ccccc2c1)NC1CCN(c2cccs2)CC1.I. The lowest BCUT2D eigenvalue weighted by Gasteiger charge is -2.33. The highest BCUT2D eigenvalue weighted by Gasteiger charge is 2.20. The maximum absolute atomic E-state index is 4.42. The van der Waals surface area contributed by atoms with Crippen LogP contribution in [-0.4, -0.2) is 38.7 Å². The van der Waals surface area contributed by atoms with Crippen LogP contribution < -0.4 is 15.5 Å². The number of anilines is 1. The summed E-state index contributed by atoms with van der Waals surface area (Å²) >= 11 is 1.83. The summed E-state index contributed by atoms with van der Waals surface area (Å²) in [6, 6.07) is 20.1. The highest BCUT2D eigenvalue weighted by Crippen LogP contribution is 2.24. The van der Waals surface area contributed by atoms with Crippen molar-refractivity contribution in [3.05, 3.63) is 65.5 Å². The molecule has 6 heteroatoms. The molecule has 1 saturated heterocycles. The standard InChI is InChI=1S/C23H28N4S.HI/c1-24-23(26-21-11-14-27(15-12-21)22-7-4-16-28-22)25-13-10-18-8-9-19-5-2-3-6-20(19)17-18;/h2-9,16-17,21H,10-15H2,1H3,(H2,24,25,26);1H. The average Bonchev–Trinajstić information content (AvgIpc) is 3.28. The molecule has 0 radical (unpaired) electrons. The molecule has 4 nitrogen and oxygen atoms in total. The molecule has 154 valence electrons. The number of aliphatic imine (C=N–C) groups is 1. The largest absolute Gasteiger partial charge is 0.363 e.